The maximum atomic E-state index is 13.9. The molecule has 1 heterocycles. The van der Waals surface area contributed by atoms with Gasteiger partial charge in [-0.2, -0.15) is 0 Å². The van der Waals surface area contributed by atoms with Crippen LogP contribution >= 0.6 is 0 Å². The Morgan fingerprint density at radius 3 is 2.43 bits per heavy atom. The SMILES string of the molecule is CC1CCN(C(=O)CN(c2ccc(F)cc2F)S(C)(=O)=O)CC1. The molecule has 0 aliphatic carbocycles. The summed E-state index contributed by atoms with van der Waals surface area (Å²) in [5.41, 5.74) is -0.326. The van der Waals surface area contributed by atoms with E-state index in [1.807, 2.05) is 0 Å². The van der Waals surface area contributed by atoms with E-state index in [2.05, 4.69) is 6.92 Å². The fourth-order valence-electron chi connectivity index (χ4n) is 2.55. The summed E-state index contributed by atoms with van der Waals surface area (Å²) >= 11 is 0. The van der Waals surface area contributed by atoms with Crippen LogP contribution < -0.4 is 4.31 Å². The molecule has 1 aliphatic heterocycles. The number of hydrogen-bond donors (Lipinski definition) is 0. The largest absolute Gasteiger partial charge is 0.341 e. The van der Waals surface area contributed by atoms with Gasteiger partial charge in [-0.15, -0.1) is 0 Å². The van der Waals surface area contributed by atoms with E-state index in [9.17, 15) is 22.0 Å². The summed E-state index contributed by atoms with van der Waals surface area (Å²) in [5, 5.41) is 0. The smallest absolute Gasteiger partial charge is 0.243 e. The number of sulfonamides is 1. The van der Waals surface area contributed by atoms with E-state index >= 15 is 0 Å². The minimum Gasteiger partial charge on any atom is -0.341 e. The Morgan fingerprint density at radius 2 is 1.91 bits per heavy atom. The summed E-state index contributed by atoms with van der Waals surface area (Å²) in [6.45, 7) is 2.72. The van der Waals surface area contributed by atoms with Gasteiger partial charge in [0.05, 0.1) is 11.9 Å². The van der Waals surface area contributed by atoms with Crippen molar-refractivity contribution in [3.8, 4) is 0 Å². The van der Waals surface area contributed by atoms with Crippen LogP contribution in [0.15, 0.2) is 18.2 Å². The van der Waals surface area contributed by atoms with Crippen LogP contribution in [-0.4, -0.2) is 45.1 Å². The molecule has 8 heteroatoms. The van der Waals surface area contributed by atoms with E-state index in [-0.39, 0.29) is 11.6 Å². The van der Waals surface area contributed by atoms with Crippen LogP contribution in [0.25, 0.3) is 0 Å². The van der Waals surface area contributed by atoms with Crippen molar-refractivity contribution >= 4 is 21.6 Å². The van der Waals surface area contributed by atoms with Crippen LogP contribution in [-0.2, 0) is 14.8 Å². The molecule has 0 N–H and O–H groups in total. The molecule has 0 spiro atoms. The number of nitrogens with zero attached hydrogens (tertiary/aromatic N) is 2. The van der Waals surface area contributed by atoms with Gasteiger partial charge in [0.2, 0.25) is 15.9 Å². The van der Waals surface area contributed by atoms with Crippen LogP contribution in [0, 0.1) is 17.6 Å². The molecular formula is C15H20F2N2O3S. The van der Waals surface area contributed by atoms with E-state index in [4.69, 9.17) is 0 Å². The zero-order chi connectivity index (χ0) is 17.2. The minimum absolute atomic E-state index is 0.326. The highest BCUT2D eigenvalue weighted by Gasteiger charge is 2.27. The molecule has 0 unspecified atom stereocenters. The maximum Gasteiger partial charge on any atom is 0.243 e. The first kappa shape index (κ1) is 17.7. The number of carbonyl (C=O) groups is 1. The monoisotopic (exact) mass is 346 g/mol. The highest BCUT2D eigenvalue weighted by molar-refractivity contribution is 7.92. The van der Waals surface area contributed by atoms with Crippen LogP contribution in [0.2, 0.25) is 0 Å². The fourth-order valence-corrected chi connectivity index (χ4v) is 3.40. The van der Waals surface area contributed by atoms with Gasteiger partial charge in [-0.1, -0.05) is 6.92 Å². The predicted octanol–water partition coefficient (Wildman–Crippen LogP) is 1.99. The molecule has 128 valence electrons. The number of anilines is 1. The predicted molar refractivity (Wildman–Crippen MR) is 83.5 cm³/mol. The number of benzene rings is 1. The first-order chi connectivity index (χ1) is 10.7. The number of halogens is 2. The zero-order valence-corrected chi connectivity index (χ0v) is 13.9. The van der Waals surface area contributed by atoms with Gasteiger partial charge < -0.3 is 4.90 Å². The molecule has 2 rings (SSSR count). The Morgan fingerprint density at radius 1 is 1.30 bits per heavy atom. The normalized spacial score (nSPS) is 16.4. The van der Waals surface area contributed by atoms with Gasteiger partial charge in [0.1, 0.15) is 18.2 Å². The lowest BCUT2D eigenvalue weighted by atomic mass is 9.99. The molecule has 0 saturated carbocycles. The number of hydrogen-bond acceptors (Lipinski definition) is 3. The lowest BCUT2D eigenvalue weighted by molar-refractivity contribution is -0.130. The van der Waals surface area contributed by atoms with Crippen molar-refractivity contribution in [1.29, 1.82) is 0 Å². The lowest BCUT2D eigenvalue weighted by Crippen LogP contribution is -2.45. The maximum absolute atomic E-state index is 13.9. The first-order valence-corrected chi connectivity index (χ1v) is 9.24. The molecular weight excluding hydrogens is 326 g/mol. The molecule has 23 heavy (non-hydrogen) atoms. The van der Waals surface area contributed by atoms with Crippen molar-refractivity contribution < 1.29 is 22.0 Å². The summed E-state index contributed by atoms with van der Waals surface area (Å²) in [6.07, 6.45) is 2.60. The Balaban J connectivity index is 2.21. The Bertz CT molecular complexity index is 686. The van der Waals surface area contributed by atoms with Gasteiger partial charge in [0.25, 0.3) is 0 Å². The number of amides is 1. The summed E-state index contributed by atoms with van der Waals surface area (Å²) < 4.78 is 51.5. The van der Waals surface area contributed by atoms with Gasteiger partial charge in [0.15, 0.2) is 0 Å². The molecule has 1 aromatic rings. The van der Waals surface area contributed by atoms with Gasteiger partial charge in [-0.05, 0) is 30.9 Å². The average Bonchev–Trinajstić information content (AvgIpc) is 2.45. The van der Waals surface area contributed by atoms with Crippen LogP contribution in [0.3, 0.4) is 0 Å². The Hall–Kier alpha value is -1.70. The Labute approximate surface area is 134 Å². The van der Waals surface area contributed by atoms with Crippen molar-refractivity contribution in [3.63, 3.8) is 0 Å². The average molecular weight is 346 g/mol. The van der Waals surface area contributed by atoms with Crippen LogP contribution in [0.4, 0.5) is 14.5 Å². The van der Waals surface area contributed by atoms with Gasteiger partial charge in [0, 0.05) is 19.2 Å². The third kappa shape index (κ3) is 4.40. The molecule has 0 aromatic heterocycles. The fraction of sp³-hybridized carbons (Fsp3) is 0.533. The van der Waals surface area contributed by atoms with E-state index < -0.39 is 28.2 Å². The number of rotatable bonds is 4. The summed E-state index contributed by atoms with van der Waals surface area (Å²) in [6, 6.07) is 2.58. The van der Waals surface area contributed by atoms with Crippen LogP contribution in [0.1, 0.15) is 19.8 Å². The van der Waals surface area contributed by atoms with Crippen LogP contribution in [0.5, 0.6) is 0 Å². The number of carbonyl (C=O) groups excluding carboxylic acids is 1. The molecule has 1 aliphatic rings. The molecule has 1 aromatic carbocycles. The number of likely N-dealkylation sites (tertiary alicyclic amines) is 1. The van der Waals surface area contributed by atoms with Crippen molar-refractivity contribution in [3.05, 3.63) is 29.8 Å². The molecule has 0 radical (unpaired) electrons. The highest BCUT2D eigenvalue weighted by atomic mass is 32.2. The third-order valence-corrected chi connectivity index (χ3v) is 5.12. The van der Waals surface area contributed by atoms with Gasteiger partial charge in [-0.3, -0.25) is 9.10 Å². The third-order valence-electron chi connectivity index (χ3n) is 3.99. The standard InChI is InChI=1S/C15H20F2N2O3S/c1-11-5-7-18(8-6-11)15(20)10-19(23(2,21)22)14-4-3-12(16)9-13(14)17/h3-4,9,11H,5-8,10H2,1-2H3. The summed E-state index contributed by atoms with van der Waals surface area (Å²) in [5.74, 6) is -1.68. The summed E-state index contributed by atoms with van der Waals surface area (Å²) in [4.78, 5) is 13.9. The number of piperidine rings is 1. The molecule has 1 fully saturated rings. The van der Waals surface area contributed by atoms with E-state index in [1.54, 1.807) is 4.90 Å². The molecule has 0 atom stereocenters. The van der Waals surface area contributed by atoms with E-state index in [0.29, 0.717) is 29.4 Å². The lowest BCUT2D eigenvalue weighted by Gasteiger charge is -2.32. The molecule has 5 nitrogen and oxygen atoms in total. The second-order valence-electron chi connectivity index (χ2n) is 5.93. The second-order valence-corrected chi connectivity index (χ2v) is 7.84. The van der Waals surface area contributed by atoms with Crippen molar-refractivity contribution in [2.45, 2.75) is 19.8 Å². The molecule has 0 bridgehead atoms. The van der Waals surface area contributed by atoms with Crippen molar-refractivity contribution in [2.75, 3.05) is 30.2 Å². The summed E-state index contributed by atoms with van der Waals surface area (Å²) in [7, 11) is -3.87. The highest BCUT2D eigenvalue weighted by Crippen LogP contribution is 2.23. The van der Waals surface area contributed by atoms with Gasteiger partial charge >= 0.3 is 0 Å². The molecule has 1 amide bonds. The topological polar surface area (TPSA) is 57.7 Å². The quantitative estimate of drug-likeness (QED) is 0.838. The van der Waals surface area contributed by atoms with Gasteiger partial charge in [-0.25, -0.2) is 17.2 Å². The Kier molecular flexibility index (Phi) is 5.23. The zero-order valence-electron chi connectivity index (χ0n) is 13.1. The second kappa shape index (κ2) is 6.82. The first-order valence-electron chi connectivity index (χ1n) is 7.39. The molecule has 1 saturated heterocycles. The van der Waals surface area contributed by atoms with Crippen molar-refractivity contribution in [2.24, 2.45) is 5.92 Å². The van der Waals surface area contributed by atoms with E-state index in [0.717, 1.165) is 31.2 Å². The minimum atomic E-state index is -3.87. The van der Waals surface area contributed by atoms with Crippen molar-refractivity contribution in [1.82, 2.24) is 4.90 Å². The van der Waals surface area contributed by atoms with E-state index in [1.165, 1.54) is 0 Å².